The lowest BCUT2D eigenvalue weighted by Gasteiger charge is -2.06. The lowest BCUT2D eigenvalue weighted by molar-refractivity contribution is -0.115. The molecule has 0 aliphatic carbocycles. The number of carbonyl (C=O) groups is 1. The summed E-state index contributed by atoms with van der Waals surface area (Å²) in [5.74, 6) is -0.189. The van der Waals surface area contributed by atoms with Crippen molar-refractivity contribution in [2.75, 3.05) is 5.32 Å². The molecule has 102 valence electrons. The van der Waals surface area contributed by atoms with Crippen molar-refractivity contribution in [3.05, 3.63) is 59.4 Å². The maximum atomic E-state index is 13.0. The van der Waals surface area contributed by atoms with Crippen molar-refractivity contribution in [3.63, 3.8) is 0 Å². The van der Waals surface area contributed by atoms with Gasteiger partial charge in [0, 0.05) is 17.1 Å². The molecule has 0 unspecified atom stereocenters. The second-order valence-electron chi connectivity index (χ2n) is 4.60. The van der Waals surface area contributed by atoms with E-state index in [9.17, 15) is 9.18 Å². The van der Waals surface area contributed by atoms with E-state index in [2.05, 4.69) is 10.0 Å². The van der Waals surface area contributed by atoms with E-state index in [0.717, 1.165) is 21.7 Å². The molecule has 2 N–H and O–H groups in total. The Bertz CT molecular complexity index is 660. The van der Waals surface area contributed by atoms with Gasteiger partial charge in [0.05, 0.1) is 6.42 Å². The molecule has 0 saturated heterocycles. The Morgan fingerprint density at radius 2 is 2.15 bits per heavy atom. The molecule has 1 aliphatic heterocycles. The van der Waals surface area contributed by atoms with Crippen molar-refractivity contribution >= 4 is 23.5 Å². The van der Waals surface area contributed by atoms with Gasteiger partial charge in [0.1, 0.15) is 5.82 Å². The van der Waals surface area contributed by atoms with Gasteiger partial charge in [0.2, 0.25) is 5.91 Å². The third-order valence-corrected chi connectivity index (χ3v) is 3.84. The van der Waals surface area contributed by atoms with Crippen molar-refractivity contribution in [2.45, 2.75) is 17.9 Å². The van der Waals surface area contributed by atoms with Crippen LogP contribution in [0.5, 0.6) is 0 Å². The zero-order valence-electron chi connectivity index (χ0n) is 10.7. The second-order valence-corrected chi connectivity index (χ2v) is 5.56. The van der Waals surface area contributed by atoms with Crippen molar-refractivity contribution in [2.24, 2.45) is 0 Å². The van der Waals surface area contributed by atoms with Crippen molar-refractivity contribution < 1.29 is 9.18 Å². The summed E-state index contributed by atoms with van der Waals surface area (Å²) in [6.45, 7) is 0.580. The summed E-state index contributed by atoms with van der Waals surface area (Å²) in [5, 5.41) is 2.80. The van der Waals surface area contributed by atoms with Gasteiger partial charge in [-0.1, -0.05) is 12.1 Å². The van der Waals surface area contributed by atoms with Gasteiger partial charge in [-0.2, -0.15) is 0 Å². The van der Waals surface area contributed by atoms with Crippen LogP contribution in [-0.2, 0) is 17.8 Å². The molecule has 0 radical (unpaired) electrons. The van der Waals surface area contributed by atoms with Gasteiger partial charge in [-0.3, -0.25) is 9.52 Å². The highest BCUT2D eigenvalue weighted by Crippen LogP contribution is 2.27. The molecular weight excluding hydrogens is 275 g/mol. The van der Waals surface area contributed by atoms with Gasteiger partial charge in [0.25, 0.3) is 0 Å². The predicted octanol–water partition coefficient (Wildman–Crippen LogP) is 3.12. The van der Waals surface area contributed by atoms with Crippen LogP contribution >= 0.6 is 11.9 Å². The minimum Gasteiger partial charge on any atom is -0.326 e. The standard InChI is InChI=1S/C15H13FN2OS/c16-12-3-1-2-10(6-12)9-17-20-13-4-5-14-11(7-13)8-15(19)18-14/h1-7,17H,8-9H2,(H,18,19). The number of hydrogen-bond acceptors (Lipinski definition) is 3. The number of benzene rings is 2. The van der Waals surface area contributed by atoms with Crippen molar-refractivity contribution in [1.29, 1.82) is 0 Å². The quantitative estimate of drug-likeness (QED) is 0.849. The molecule has 2 aromatic carbocycles. The highest BCUT2D eigenvalue weighted by Gasteiger charge is 2.17. The number of rotatable bonds is 4. The third-order valence-electron chi connectivity index (χ3n) is 3.06. The Morgan fingerprint density at radius 3 is 3.00 bits per heavy atom. The maximum Gasteiger partial charge on any atom is 0.228 e. The molecule has 0 fully saturated rings. The summed E-state index contributed by atoms with van der Waals surface area (Å²) < 4.78 is 16.2. The van der Waals surface area contributed by atoms with Crippen LogP contribution in [0.25, 0.3) is 0 Å². The minimum absolute atomic E-state index is 0.0369. The van der Waals surface area contributed by atoms with Crippen LogP contribution < -0.4 is 10.0 Å². The summed E-state index contributed by atoms with van der Waals surface area (Å²) >= 11 is 1.48. The minimum atomic E-state index is -0.226. The largest absolute Gasteiger partial charge is 0.326 e. The van der Waals surface area contributed by atoms with E-state index in [-0.39, 0.29) is 11.7 Å². The first-order chi connectivity index (χ1) is 9.70. The van der Waals surface area contributed by atoms with E-state index in [0.29, 0.717) is 13.0 Å². The predicted molar refractivity (Wildman–Crippen MR) is 77.9 cm³/mol. The van der Waals surface area contributed by atoms with Crippen LogP contribution in [0.2, 0.25) is 0 Å². The van der Waals surface area contributed by atoms with E-state index in [1.165, 1.54) is 24.1 Å². The molecule has 1 amide bonds. The fourth-order valence-corrected chi connectivity index (χ4v) is 2.86. The number of carbonyl (C=O) groups excluding carboxylic acids is 1. The molecule has 3 rings (SSSR count). The highest BCUT2D eigenvalue weighted by molar-refractivity contribution is 7.97. The fourth-order valence-electron chi connectivity index (χ4n) is 2.12. The van der Waals surface area contributed by atoms with Crippen LogP contribution in [0.1, 0.15) is 11.1 Å². The summed E-state index contributed by atoms with van der Waals surface area (Å²) in [5.41, 5.74) is 2.81. The first-order valence-corrected chi connectivity index (χ1v) is 7.09. The first kappa shape index (κ1) is 13.1. The lowest BCUT2D eigenvalue weighted by Crippen LogP contribution is -2.03. The molecule has 0 spiro atoms. The summed E-state index contributed by atoms with van der Waals surface area (Å²) in [7, 11) is 0. The summed E-state index contributed by atoms with van der Waals surface area (Å²) in [6, 6.07) is 12.4. The molecule has 1 aliphatic rings. The molecular formula is C15H13FN2OS. The molecule has 0 bridgehead atoms. The van der Waals surface area contributed by atoms with E-state index in [1.807, 2.05) is 24.3 Å². The van der Waals surface area contributed by atoms with Crippen LogP contribution in [0.4, 0.5) is 10.1 Å². The maximum absolute atomic E-state index is 13.0. The second kappa shape index (κ2) is 5.64. The number of anilines is 1. The van der Waals surface area contributed by atoms with E-state index >= 15 is 0 Å². The van der Waals surface area contributed by atoms with Gasteiger partial charge >= 0.3 is 0 Å². The zero-order valence-corrected chi connectivity index (χ0v) is 11.5. The Morgan fingerprint density at radius 1 is 1.25 bits per heavy atom. The molecule has 3 nitrogen and oxygen atoms in total. The van der Waals surface area contributed by atoms with Crippen LogP contribution in [0.3, 0.4) is 0 Å². The van der Waals surface area contributed by atoms with Gasteiger partial charge in [-0.15, -0.1) is 0 Å². The molecule has 20 heavy (non-hydrogen) atoms. The lowest BCUT2D eigenvalue weighted by atomic mass is 10.2. The molecule has 1 heterocycles. The highest BCUT2D eigenvalue weighted by atomic mass is 32.2. The number of nitrogens with one attached hydrogen (secondary N) is 2. The smallest absolute Gasteiger partial charge is 0.228 e. The normalized spacial score (nSPS) is 13.2. The van der Waals surface area contributed by atoms with Crippen LogP contribution in [-0.4, -0.2) is 5.91 Å². The molecule has 0 aromatic heterocycles. The molecule has 5 heteroatoms. The number of amides is 1. The summed E-state index contributed by atoms with van der Waals surface area (Å²) in [6.07, 6.45) is 0.438. The van der Waals surface area contributed by atoms with E-state index < -0.39 is 0 Å². The SMILES string of the molecule is O=C1Cc2cc(SNCc3cccc(F)c3)ccc2N1. The van der Waals surface area contributed by atoms with Gasteiger partial charge < -0.3 is 5.32 Å². The van der Waals surface area contributed by atoms with Crippen molar-refractivity contribution in [3.8, 4) is 0 Å². The fraction of sp³-hybridized carbons (Fsp3) is 0.133. The number of halogens is 1. The zero-order chi connectivity index (χ0) is 13.9. The average Bonchev–Trinajstić information content (AvgIpc) is 2.78. The molecule has 0 atom stereocenters. The third kappa shape index (κ3) is 3.00. The molecule has 0 saturated carbocycles. The van der Waals surface area contributed by atoms with Crippen LogP contribution in [0, 0.1) is 5.82 Å². The van der Waals surface area contributed by atoms with Gasteiger partial charge in [-0.25, -0.2) is 4.39 Å². The van der Waals surface area contributed by atoms with E-state index in [4.69, 9.17) is 0 Å². The van der Waals surface area contributed by atoms with Gasteiger partial charge in [0.15, 0.2) is 0 Å². The molecule has 2 aromatic rings. The number of hydrogen-bond donors (Lipinski definition) is 2. The monoisotopic (exact) mass is 288 g/mol. The van der Waals surface area contributed by atoms with E-state index in [1.54, 1.807) is 6.07 Å². The summed E-state index contributed by atoms with van der Waals surface area (Å²) in [4.78, 5) is 12.3. The Hall–Kier alpha value is -1.85. The van der Waals surface area contributed by atoms with Crippen molar-refractivity contribution in [1.82, 2.24) is 4.72 Å². The average molecular weight is 288 g/mol. The number of fused-ring (bicyclic) bond motifs is 1. The first-order valence-electron chi connectivity index (χ1n) is 6.27. The van der Waals surface area contributed by atoms with Gasteiger partial charge in [-0.05, 0) is 53.4 Å². The Labute approximate surface area is 120 Å². The van der Waals surface area contributed by atoms with Crippen LogP contribution in [0.15, 0.2) is 47.4 Å². The topological polar surface area (TPSA) is 41.1 Å². The Kier molecular flexibility index (Phi) is 3.71. The Balaban J connectivity index is 1.59.